The summed E-state index contributed by atoms with van der Waals surface area (Å²) in [6.45, 7) is 6.05. The quantitative estimate of drug-likeness (QED) is 0.580. The summed E-state index contributed by atoms with van der Waals surface area (Å²) in [6, 6.07) is 11.2. The number of nitrogens with one attached hydrogen (secondary N) is 2. The number of benzene rings is 2. The van der Waals surface area contributed by atoms with Gasteiger partial charge in [0.05, 0.1) is 30.6 Å². The minimum Gasteiger partial charge on any atom is -0.450 e. The molecule has 2 N–H and O–H groups in total. The third-order valence-corrected chi connectivity index (χ3v) is 4.03. The Morgan fingerprint density at radius 3 is 2.39 bits per heavy atom. The fourth-order valence-electron chi connectivity index (χ4n) is 2.73. The van der Waals surface area contributed by atoms with Gasteiger partial charge in [0, 0.05) is 12.2 Å². The number of carbonyl (C=O) groups excluding carboxylic acids is 2. The van der Waals surface area contributed by atoms with Crippen molar-refractivity contribution in [1.29, 1.82) is 0 Å². The van der Waals surface area contributed by atoms with Crippen molar-refractivity contribution < 1.29 is 23.5 Å². The lowest BCUT2D eigenvalue weighted by atomic mass is 10.1. The smallest absolute Gasteiger partial charge is 0.411 e. The third-order valence-electron chi connectivity index (χ3n) is 4.03. The van der Waals surface area contributed by atoms with Gasteiger partial charge in [0.1, 0.15) is 5.82 Å². The van der Waals surface area contributed by atoms with Crippen molar-refractivity contribution >= 4 is 29.2 Å². The second-order valence-corrected chi connectivity index (χ2v) is 6.84. The normalized spacial score (nSPS) is 10.2. The average molecular weight is 427 g/mol. The first kappa shape index (κ1) is 23.5. The summed E-state index contributed by atoms with van der Waals surface area (Å²) in [4.78, 5) is 25.9. The Kier molecular flexibility index (Phi) is 8.70. The SMILES string of the molecule is C#CCN(Cc1ccc(F)cc1)c1ccc(NC(=O)OCC)c(NC(=O)OC(C)C)c1. The minimum absolute atomic E-state index is 0.204. The van der Waals surface area contributed by atoms with E-state index in [1.165, 1.54) is 12.1 Å². The molecule has 0 bridgehead atoms. The van der Waals surface area contributed by atoms with Crippen LogP contribution in [-0.4, -0.2) is 31.4 Å². The van der Waals surface area contributed by atoms with E-state index in [4.69, 9.17) is 15.9 Å². The fourth-order valence-corrected chi connectivity index (χ4v) is 2.73. The van der Waals surface area contributed by atoms with Crippen LogP contribution in [0.5, 0.6) is 0 Å². The van der Waals surface area contributed by atoms with Gasteiger partial charge >= 0.3 is 12.2 Å². The molecule has 0 atom stereocenters. The van der Waals surface area contributed by atoms with Crippen LogP contribution in [0.2, 0.25) is 0 Å². The number of halogens is 1. The second kappa shape index (κ2) is 11.5. The van der Waals surface area contributed by atoms with Gasteiger partial charge in [0.15, 0.2) is 0 Å². The molecule has 0 radical (unpaired) electrons. The van der Waals surface area contributed by atoms with Gasteiger partial charge < -0.3 is 14.4 Å². The number of terminal acetylenes is 1. The number of carbonyl (C=O) groups is 2. The molecule has 7 nitrogen and oxygen atoms in total. The molecule has 2 aromatic rings. The first-order valence-electron chi connectivity index (χ1n) is 9.80. The first-order valence-corrected chi connectivity index (χ1v) is 9.80. The molecule has 0 fully saturated rings. The van der Waals surface area contributed by atoms with Crippen molar-refractivity contribution in [1.82, 2.24) is 0 Å². The molecular formula is C23H26FN3O4. The molecule has 0 aliphatic rings. The number of rotatable bonds is 8. The molecule has 0 aliphatic carbocycles. The highest BCUT2D eigenvalue weighted by Crippen LogP contribution is 2.29. The van der Waals surface area contributed by atoms with Crippen LogP contribution in [0.15, 0.2) is 42.5 Å². The van der Waals surface area contributed by atoms with E-state index in [2.05, 4.69) is 16.6 Å². The van der Waals surface area contributed by atoms with Gasteiger partial charge in [0.2, 0.25) is 0 Å². The van der Waals surface area contributed by atoms with E-state index >= 15 is 0 Å². The molecule has 31 heavy (non-hydrogen) atoms. The highest BCUT2D eigenvalue weighted by molar-refractivity contribution is 5.96. The molecule has 0 heterocycles. The minimum atomic E-state index is -0.666. The zero-order chi connectivity index (χ0) is 22.8. The maximum absolute atomic E-state index is 13.2. The van der Waals surface area contributed by atoms with Crippen molar-refractivity contribution in [3.05, 3.63) is 53.8 Å². The molecule has 0 spiro atoms. The number of hydrogen-bond acceptors (Lipinski definition) is 5. The van der Waals surface area contributed by atoms with Crippen molar-refractivity contribution in [2.45, 2.75) is 33.4 Å². The maximum Gasteiger partial charge on any atom is 0.411 e. The highest BCUT2D eigenvalue weighted by atomic mass is 19.1. The van der Waals surface area contributed by atoms with Crippen LogP contribution in [0.1, 0.15) is 26.3 Å². The summed E-state index contributed by atoms with van der Waals surface area (Å²) >= 11 is 0. The lowest BCUT2D eigenvalue weighted by Gasteiger charge is -2.24. The number of amides is 2. The first-order chi connectivity index (χ1) is 14.8. The van der Waals surface area contributed by atoms with Crippen LogP contribution >= 0.6 is 0 Å². The van der Waals surface area contributed by atoms with Gasteiger partial charge in [-0.2, -0.15) is 0 Å². The van der Waals surface area contributed by atoms with E-state index in [0.29, 0.717) is 23.6 Å². The van der Waals surface area contributed by atoms with Gasteiger partial charge in [-0.25, -0.2) is 14.0 Å². The zero-order valence-electron chi connectivity index (χ0n) is 17.8. The van der Waals surface area contributed by atoms with Gasteiger partial charge in [-0.3, -0.25) is 10.6 Å². The average Bonchev–Trinajstić information content (AvgIpc) is 2.70. The predicted molar refractivity (Wildman–Crippen MR) is 119 cm³/mol. The summed E-state index contributed by atoms with van der Waals surface area (Å²) < 4.78 is 23.3. The molecule has 2 rings (SSSR count). The van der Waals surface area contributed by atoms with E-state index in [9.17, 15) is 14.0 Å². The third kappa shape index (κ3) is 7.55. The van der Waals surface area contributed by atoms with Gasteiger partial charge in [0.25, 0.3) is 0 Å². The summed E-state index contributed by atoms with van der Waals surface area (Å²) in [5.41, 5.74) is 2.21. The van der Waals surface area contributed by atoms with E-state index in [1.54, 1.807) is 51.1 Å². The van der Waals surface area contributed by atoms with Crippen molar-refractivity contribution in [3.8, 4) is 12.3 Å². The summed E-state index contributed by atoms with van der Waals surface area (Å²) in [5.74, 6) is 2.28. The standard InChI is InChI=1S/C23H26FN3O4/c1-5-13-27(15-17-7-9-18(24)10-8-17)19-11-12-20(25-22(28)30-6-2)21(14-19)26-23(29)31-16(3)4/h1,7-12,14,16H,6,13,15H2,2-4H3,(H,25,28)(H,26,29). The van der Waals surface area contributed by atoms with Crippen LogP contribution < -0.4 is 15.5 Å². The molecule has 2 amide bonds. The Hall–Kier alpha value is -3.73. The number of hydrogen-bond donors (Lipinski definition) is 2. The van der Waals surface area contributed by atoms with Gasteiger partial charge in [-0.05, 0) is 56.7 Å². The number of ether oxygens (including phenoxy) is 2. The molecular weight excluding hydrogens is 401 g/mol. The molecule has 2 aromatic carbocycles. The highest BCUT2D eigenvalue weighted by Gasteiger charge is 2.15. The van der Waals surface area contributed by atoms with Crippen LogP contribution in [0.4, 0.5) is 31.0 Å². The van der Waals surface area contributed by atoms with Gasteiger partial charge in [-0.15, -0.1) is 6.42 Å². The molecule has 0 saturated carbocycles. The lowest BCUT2D eigenvalue weighted by Crippen LogP contribution is -2.24. The van der Waals surface area contributed by atoms with E-state index in [1.807, 2.05) is 4.90 Å². The van der Waals surface area contributed by atoms with Crippen LogP contribution in [0.3, 0.4) is 0 Å². The van der Waals surface area contributed by atoms with Gasteiger partial charge in [-0.1, -0.05) is 18.1 Å². The van der Waals surface area contributed by atoms with E-state index in [0.717, 1.165) is 5.56 Å². The zero-order valence-corrected chi connectivity index (χ0v) is 17.8. The van der Waals surface area contributed by atoms with Crippen molar-refractivity contribution in [2.75, 3.05) is 28.7 Å². The Balaban J connectivity index is 2.34. The molecule has 0 unspecified atom stereocenters. The van der Waals surface area contributed by atoms with E-state index < -0.39 is 12.2 Å². The van der Waals surface area contributed by atoms with Crippen molar-refractivity contribution in [2.24, 2.45) is 0 Å². The largest absolute Gasteiger partial charge is 0.450 e. The molecule has 0 aromatic heterocycles. The Bertz CT molecular complexity index is 939. The number of anilines is 3. The summed E-state index contributed by atoms with van der Waals surface area (Å²) in [7, 11) is 0. The van der Waals surface area contributed by atoms with Crippen LogP contribution in [0, 0.1) is 18.2 Å². The second-order valence-electron chi connectivity index (χ2n) is 6.84. The summed E-state index contributed by atoms with van der Waals surface area (Å²) in [5, 5.41) is 5.23. The molecule has 0 aliphatic heterocycles. The predicted octanol–water partition coefficient (Wildman–Crippen LogP) is 4.99. The lowest BCUT2D eigenvalue weighted by molar-refractivity contribution is 0.130. The molecule has 0 saturated heterocycles. The van der Waals surface area contributed by atoms with Crippen LogP contribution in [0.25, 0.3) is 0 Å². The van der Waals surface area contributed by atoms with Crippen LogP contribution in [-0.2, 0) is 16.0 Å². The monoisotopic (exact) mass is 427 g/mol. The molecule has 164 valence electrons. The van der Waals surface area contributed by atoms with E-state index in [-0.39, 0.29) is 25.1 Å². The molecule has 8 heteroatoms. The Labute approximate surface area is 181 Å². The maximum atomic E-state index is 13.2. The fraction of sp³-hybridized carbons (Fsp3) is 0.304. The summed E-state index contributed by atoms with van der Waals surface area (Å²) in [6.07, 6.45) is 3.90. The Morgan fingerprint density at radius 1 is 1.10 bits per heavy atom. The Morgan fingerprint density at radius 2 is 1.77 bits per heavy atom. The van der Waals surface area contributed by atoms with Crippen molar-refractivity contribution in [3.63, 3.8) is 0 Å². The number of nitrogens with zero attached hydrogens (tertiary/aromatic N) is 1. The topological polar surface area (TPSA) is 79.9 Å².